The van der Waals surface area contributed by atoms with Crippen LogP contribution in [-0.2, 0) is 21.2 Å². The molecule has 2 N–H and O–H groups in total. The number of amides is 1. The Balaban J connectivity index is 1.63. The Bertz CT molecular complexity index is 1360. The SMILES string of the molecule is O=C(Nc1ccccc1-c1ccccc1)C(Cc1ccccc1)NS(=O)(=O)c1ccc(Cl)cc1. The largest absolute Gasteiger partial charge is 0.324 e. The molecule has 0 spiro atoms. The molecule has 0 aliphatic carbocycles. The Hall–Kier alpha value is -3.45. The molecule has 1 amide bonds. The van der Waals surface area contributed by atoms with E-state index < -0.39 is 22.0 Å². The van der Waals surface area contributed by atoms with Crippen LogP contribution in [0.25, 0.3) is 11.1 Å². The lowest BCUT2D eigenvalue weighted by Crippen LogP contribution is -2.45. The van der Waals surface area contributed by atoms with Gasteiger partial charge in [-0.1, -0.05) is 90.5 Å². The number of nitrogens with one attached hydrogen (secondary N) is 2. The lowest BCUT2D eigenvalue weighted by molar-refractivity contribution is -0.117. The molecule has 34 heavy (non-hydrogen) atoms. The zero-order valence-electron chi connectivity index (χ0n) is 18.2. The zero-order chi connectivity index (χ0) is 24.0. The summed E-state index contributed by atoms with van der Waals surface area (Å²) in [7, 11) is -3.97. The maximum absolute atomic E-state index is 13.4. The second-order valence-electron chi connectivity index (χ2n) is 7.72. The number of hydrogen-bond donors (Lipinski definition) is 2. The smallest absolute Gasteiger partial charge is 0.242 e. The standard InChI is InChI=1S/C27H23ClN2O3S/c28-22-15-17-23(18-16-22)34(32,33)30-26(19-20-9-3-1-4-10-20)27(31)29-25-14-8-7-13-24(25)21-11-5-2-6-12-21/h1-18,26,30H,19H2,(H,29,31). The van der Waals surface area contributed by atoms with Crippen molar-refractivity contribution < 1.29 is 13.2 Å². The van der Waals surface area contributed by atoms with Crippen LogP contribution in [0.2, 0.25) is 5.02 Å². The predicted molar refractivity (Wildman–Crippen MR) is 136 cm³/mol. The first-order valence-electron chi connectivity index (χ1n) is 10.7. The van der Waals surface area contributed by atoms with Gasteiger partial charge >= 0.3 is 0 Å². The summed E-state index contributed by atoms with van der Waals surface area (Å²) in [6, 6.07) is 31.2. The molecule has 4 rings (SSSR count). The van der Waals surface area contributed by atoms with Crippen LogP contribution in [0.3, 0.4) is 0 Å². The molecule has 0 aliphatic heterocycles. The summed E-state index contributed by atoms with van der Waals surface area (Å²) in [6.07, 6.45) is 0.187. The van der Waals surface area contributed by atoms with E-state index in [-0.39, 0.29) is 11.3 Å². The van der Waals surface area contributed by atoms with Crippen LogP contribution < -0.4 is 10.0 Å². The van der Waals surface area contributed by atoms with E-state index in [0.29, 0.717) is 10.7 Å². The van der Waals surface area contributed by atoms with Gasteiger partial charge in [0.1, 0.15) is 6.04 Å². The van der Waals surface area contributed by atoms with Gasteiger partial charge in [0.2, 0.25) is 15.9 Å². The van der Waals surface area contributed by atoms with Crippen molar-refractivity contribution in [2.75, 3.05) is 5.32 Å². The average Bonchev–Trinajstić information content (AvgIpc) is 2.85. The first kappa shape index (κ1) is 23.7. The average molecular weight is 491 g/mol. The van der Waals surface area contributed by atoms with Gasteiger partial charge in [-0.25, -0.2) is 8.42 Å². The number of anilines is 1. The monoisotopic (exact) mass is 490 g/mol. The van der Waals surface area contributed by atoms with E-state index in [2.05, 4.69) is 10.0 Å². The third-order valence-corrected chi connectivity index (χ3v) is 7.03. The van der Waals surface area contributed by atoms with Crippen LogP contribution >= 0.6 is 11.6 Å². The number of para-hydroxylation sites is 1. The molecule has 0 heterocycles. The van der Waals surface area contributed by atoms with Gasteiger partial charge in [-0.15, -0.1) is 0 Å². The van der Waals surface area contributed by atoms with Crippen molar-refractivity contribution in [3.8, 4) is 11.1 Å². The molecule has 0 bridgehead atoms. The topological polar surface area (TPSA) is 75.3 Å². The van der Waals surface area contributed by atoms with Gasteiger partial charge in [-0.3, -0.25) is 4.79 Å². The normalized spacial score (nSPS) is 12.1. The molecule has 0 aliphatic rings. The zero-order valence-corrected chi connectivity index (χ0v) is 19.8. The molecule has 4 aromatic rings. The van der Waals surface area contributed by atoms with E-state index in [1.54, 1.807) is 6.07 Å². The quantitative estimate of drug-likeness (QED) is 0.340. The highest BCUT2D eigenvalue weighted by molar-refractivity contribution is 7.89. The van der Waals surface area contributed by atoms with Crippen LogP contribution in [0.5, 0.6) is 0 Å². The molecule has 0 saturated heterocycles. The lowest BCUT2D eigenvalue weighted by atomic mass is 10.0. The fourth-order valence-electron chi connectivity index (χ4n) is 3.59. The first-order chi connectivity index (χ1) is 16.4. The minimum atomic E-state index is -3.97. The van der Waals surface area contributed by atoms with Gasteiger partial charge in [-0.2, -0.15) is 4.72 Å². The highest BCUT2D eigenvalue weighted by atomic mass is 35.5. The summed E-state index contributed by atoms with van der Waals surface area (Å²) in [4.78, 5) is 13.4. The molecular weight excluding hydrogens is 468 g/mol. The maximum Gasteiger partial charge on any atom is 0.242 e. The molecule has 0 aromatic heterocycles. The Kier molecular flexibility index (Phi) is 7.43. The molecule has 0 fully saturated rings. The van der Waals surface area contributed by atoms with Gasteiger partial charge < -0.3 is 5.32 Å². The van der Waals surface area contributed by atoms with Crippen molar-refractivity contribution in [1.29, 1.82) is 0 Å². The lowest BCUT2D eigenvalue weighted by Gasteiger charge is -2.20. The van der Waals surface area contributed by atoms with Crippen molar-refractivity contribution in [2.45, 2.75) is 17.4 Å². The van der Waals surface area contributed by atoms with E-state index >= 15 is 0 Å². The number of sulfonamides is 1. The highest BCUT2D eigenvalue weighted by Gasteiger charge is 2.27. The van der Waals surface area contributed by atoms with E-state index in [1.807, 2.05) is 78.9 Å². The minimum Gasteiger partial charge on any atom is -0.324 e. The van der Waals surface area contributed by atoms with Crippen molar-refractivity contribution in [2.24, 2.45) is 0 Å². The fraction of sp³-hybridized carbons (Fsp3) is 0.0741. The fourth-order valence-corrected chi connectivity index (χ4v) is 4.91. The van der Waals surface area contributed by atoms with Crippen molar-refractivity contribution >= 4 is 33.2 Å². The van der Waals surface area contributed by atoms with E-state index in [9.17, 15) is 13.2 Å². The molecule has 1 unspecified atom stereocenters. The number of carbonyl (C=O) groups excluding carboxylic acids is 1. The van der Waals surface area contributed by atoms with Crippen LogP contribution in [0.15, 0.2) is 114 Å². The second kappa shape index (κ2) is 10.7. The van der Waals surface area contributed by atoms with Crippen LogP contribution in [0.4, 0.5) is 5.69 Å². The van der Waals surface area contributed by atoms with Crippen molar-refractivity contribution in [3.05, 3.63) is 120 Å². The third kappa shape index (κ3) is 5.91. The first-order valence-corrected chi connectivity index (χ1v) is 12.6. The Morgan fingerprint density at radius 1 is 0.765 bits per heavy atom. The maximum atomic E-state index is 13.4. The second-order valence-corrected chi connectivity index (χ2v) is 9.87. The molecule has 1 atom stereocenters. The molecule has 0 saturated carbocycles. The molecule has 5 nitrogen and oxygen atoms in total. The van der Waals surface area contributed by atoms with Gasteiger partial charge in [0.15, 0.2) is 0 Å². The highest BCUT2D eigenvalue weighted by Crippen LogP contribution is 2.28. The van der Waals surface area contributed by atoms with E-state index in [1.165, 1.54) is 24.3 Å². The number of halogens is 1. The number of hydrogen-bond acceptors (Lipinski definition) is 3. The molecule has 4 aromatic carbocycles. The van der Waals surface area contributed by atoms with Gasteiger partial charge in [0.05, 0.1) is 4.90 Å². The minimum absolute atomic E-state index is 0.0347. The van der Waals surface area contributed by atoms with Crippen LogP contribution in [-0.4, -0.2) is 20.4 Å². The number of carbonyl (C=O) groups is 1. The Morgan fingerprint density at radius 3 is 2.03 bits per heavy atom. The van der Waals surface area contributed by atoms with Crippen LogP contribution in [0.1, 0.15) is 5.56 Å². The molecular formula is C27H23ClN2O3S. The molecule has 7 heteroatoms. The third-order valence-electron chi connectivity index (χ3n) is 5.29. The number of benzene rings is 4. The Morgan fingerprint density at radius 2 is 1.35 bits per heavy atom. The van der Waals surface area contributed by atoms with E-state index in [0.717, 1.165) is 16.7 Å². The van der Waals surface area contributed by atoms with Gasteiger partial charge in [0.25, 0.3) is 0 Å². The molecule has 0 radical (unpaired) electrons. The van der Waals surface area contributed by atoms with E-state index in [4.69, 9.17) is 11.6 Å². The summed E-state index contributed by atoms with van der Waals surface area (Å²) in [6.45, 7) is 0. The number of rotatable bonds is 8. The van der Waals surface area contributed by atoms with Crippen LogP contribution in [0, 0.1) is 0 Å². The predicted octanol–water partition coefficient (Wildman–Crippen LogP) is 5.54. The summed E-state index contributed by atoms with van der Waals surface area (Å²) in [5.74, 6) is -0.454. The summed E-state index contributed by atoms with van der Waals surface area (Å²) in [5, 5.41) is 3.35. The summed E-state index contributed by atoms with van der Waals surface area (Å²) >= 11 is 5.90. The summed E-state index contributed by atoms with van der Waals surface area (Å²) in [5.41, 5.74) is 3.22. The summed E-state index contributed by atoms with van der Waals surface area (Å²) < 4.78 is 28.7. The molecule has 172 valence electrons. The van der Waals surface area contributed by atoms with Gasteiger partial charge in [-0.05, 0) is 47.9 Å². The van der Waals surface area contributed by atoms with Gasteiger partial charge in [0, 0.05) is 16.3 Å². The van der Waals surface area contributed by atoms with Crippen molar-refractivity contribution in [3.63, 3.8) is 0 Å². The van der Waals surface area contributed by atoms with Crippen molar-refractivity contribution in [1.82, 2.24) is 4.72 Å². The Labute approximate surface area is 204 Å².